The summed E-state index contributed by atoms with van der Waals surface area (Å²) in [6, 6.07) is 3.81. The Morgan fingerprint density at radius 3 is 2.57 bits per heavy atom. The van der Waals surface area contributed by atoms with Crippen LogP contribution in [0.3, 0.4) is 0 Å². The minimum atomic E-state index is -3.66. The van der Waals surface area contributed by atoms with Crippen molar-refractivity contribution in [2.45, 2.75) is 43.5 Å². The van der Waals surface area contributed by atoms with E-state index >= 15 is 0 Å². The molecule has 1 saturated carbocycles. The molecule has 8 heteroatoms. The average Bonchev–Trinajstić information content (AvgIpc) is 3.12. The number of anilines is 1. The molecule has 0 unspecified atom stereocenters. The molecule has 0 heterocycles. The van der Waals surface area contributed by atoms with Gasteiger partial charge in [-0.25, -0.2) is 13.1 Å². The number of rotatable bonds is 7. The Hall–Kier alpha value is -1.67. The average molecular weight is 313 g/mol. The molecule has 2 rings (SSSR count). The van der Waals surface area contributed by atoms with Crippen molar-refractivity contribution in [2.75, 3.05) is 11.9 Å². The van der Waals surface area contributed by atoms with E-state index in [1.807, 2.05) is 13.8 Å². The SMILES string of the molecule is CCCNc1cc(S(=O)(=O)NC2(C)CC2)ccc1[N+](=O)[O-]. The number of nitro groups is 1. The van der Waals surface area contributed by atoms with Gasteiger partial charge in [0.1, 0.15) is 5.69 Å². The van der Waals surface area contributed by atoms with Gasteiger partial charge in [-0.05, 0) is 38.3 Å². The molecule has 0 aliphatic heterocycles. The topological polar surface area (TPSA) is 101 Å². The smallest absolute Gasteiger partial charge is 0.292 e. The highest BCUT2D eigenvalue weighted by atomic mass is 32.2. The van der Waals surface area contributed by atoms with Gasteiger partial charge in [-0.15, -0.1) is 0 Å². The molecule has 7 nitrogen and oxygen atoms in total. The van der Waals surface area contributed by atoms with Crippen LogP contribution in [0.15, 0.2) is 23.1 Å². The third-order valence-corrected chi connectivity index (χ3v) is 5.06. The fraction of sp³-hybridized carbons (Fsp3) is 0.538. The Kier molecular flexibility index (Phi) is 4.20. The minimum absolute atomic E-state index is 0.0415. The van der Waals surface area contributed by atoms with Gasteiger partial charge in [0.25, 0.3) is 5.69 Å². The van der Waals surface area contributed by atoms with Crippen molar-refractivity contribution >= 4 is 21.4 Å². The first-order chi connectivity index (χ1) is 9.77. The molecule has 1 aliphatic rings. The minimum Gasteiger partial charge on any atom is -0.379 e. The first-order valence-corrected chi connectivity index (χ1v) is 8.32. The fourth-order valence-electron chi connectivity index (χ4n) is 1.92. The van der Waals surface area contributed by atoms with Gasteiger partial charge < -0.3 is 5.32 Å². The summed E-state index contributed by atoms with van der Waals surface area (Å²) in [5.74, 6) is 0. The summed E-state index contributed by atoms with van der Waals surface area (Å²) in [5.41, 5.74) is -0.275. The number of benzene rings is 1. The van der Waals surface area contributed by atoms with E-state index in [-0.39, 0.29) is 21.8 Å². The highest BCUT2D eigenvalue weighted by molar-refractivity contribution is 7.89. The normalized spacial score (nSPS) is 16.5. The summed E-state index contributed by atoms with van der Waals surface area (Å²) in [4.78, 5) is 10.5. The monoisotopic (exact) mass is 313 g/mol. The van der Waals surface area contributed by atoms with Crippen LogP contribution in [0.2, 0.25) is 0 Å². The lowest BCUT2D eigenvalue weighted by atomic mass is 10.2. The molecular weight excluding hydrogens is 294 g/mol. The van der Waals surface area contributed by atoms with Gasteiger partial charge in [-0.2, -0.15) is 0 Å². The van der Waals surface area contributed by atoms with E-state index in [2.05, 4.69) is 10.0 Å². The molecule has 0 bridgehead atoms. The second-order valence-electron chi connectivity index (χ2n) is 5.53. The predicted octanol–water partition coefficient (Wildman–Crippen LogP) is 2.25. The molecule has 0 saturated heterocycles. The van der Waals surface area contributed by atoms with Crippen molar-refractivity contribution in [3.8, 4) is 0 Å². The molecule has 1 aromatic carbocycles. The zero-order valence-corrected chi connectivity index (χ0v) is 12.9. The van der Waals surface area contributed by atoms with Crippen molar-refractivity contribution in [3.63, 3.8) is 0 Å². The summed E-state index contributed by atoms with van der Waals surface area (Å²) in [7, 11) is -3.66. The Bertz CT molecular complexity index is 653. The standard InChI is InChI=1S/C13H19N3O4S/c1-3-8-14-11-9-10(4-5-12(11)16(17)18)21(19,20)15-13(2)6-7-13/h4-5,9,14-15H,3,6-8H2,1-2H3. The van der Waals surface area contributed by atoms with E-state index in [0.717, 1.165) is 19.3 Å². The van der Waals surface area contributed by atoms with Gasteiger partial charge in [0.2, 0.25) is 10.0 Å². The van der Waals surface area contributed by atoms with E-state index in [0.29, 0.717) is 6.54 Å². The fourth-order valence-corrected chi connectivity index (χ4v) is 3.41. The molecule has 21 heavy (non-hydrogen) atoms. The number of nitrogens with one attached hydrogen (secondary N) is 2. The van der Waals surface area contributed by atoms with Gasteiger partial charge in [0.05, 0.1) is 9.82 Å². The van der Waals surface area contributed by atoms with Crippen LogP contribution in [-0.4, -0.2) is 25.4 Å². The predicted molar refractivity (Wildman–Crippen MR) is 79.8 cm³/mol. The number of nitro benzene ring substituents is 1. The second-order valence-corrected chi connectivity index (χ2v) is 7.21. The summed E-state index contributed by atoms with van der Waals surface area (Å²) in [6.45, 7) is 4.30. The molecule has 1 aromatic rings. The Balaban J connectivity index is 2.34. The lowest BCUT2D eigenvalue weighted by Gasteiger charge is -2.13. The Morgan fingerprint density at radius 2 is 2.05 bits per heavy atom. The van der Waals surface area contributed by atoms with E-state index in [4.69, 9.17) is 0 Å². The summed E-state index contributed by atoms with van der Waals surface area (Å²) in [6.07, 6.45) is 2.39. The molecule has 0 atom stereocenters. The number of sulfonamides is 1. The van der Waals surface area contributed by atoms with Crippen molar-refractivity contribution in [3.05, 3.63) is 28.3 Å². The maximum Gasteiger partial charge on any atom is 0.292 e. The largest absolute Gasteiger partial charge is 0.379 e. The number of nitrogens with zero attached hydrogens (tertiary/aromatic N) is 1. The molecule has 2 N–H and O–H groups in total. The van der Waals surface area contributed by atoms with Crippen molar-refractivity contribution in [1.82, 2.24) is 4.72 Å². The zero-order chi connectivity index (χ0) is 15.7. The van der Waals surface area contributed by atoms with Gasteiger partial charge in [-0.3, -0.25) is 10.1 Å². The van der Waals surface area contributed by atoms with Crippen LogP contribution < -0.4 is 10.0 Å². The Labute approximate surface area is 123 Å². The molecule has 1 aliphatic carbocycles. The van der Waals surface area contributed by atoms with E-state index in [9.17, 15) is 18.5 Å². The zero-order valence-electron chi connectivity index (χ0n) is 12.0. The Morgan fingerprint density at radius 1 is 1.38 bits per heavy atom. The molecule has 0 aromatic heterocycles. The van der Waals surface area contributed by atoms with Gasteiger partial charge in [-0.1, -0.05) is 6.92 Å². The first kappa shape index (κ1) is 15.7. The van der Waals surface area contributed by atoms with Crippen molar-refractivity contribution < 1.29 is 13.3 Å². The maximum atomic E-state index is 12.3. The highest BCUT2D eigenvalue weighted by Crippen LogP contribution is 2.36. The second kappa shape index (κ2) is 5.61. The van der Waals surface area contributed by atoms with E-state index < -0.39 is 14.9 Å². The lowest BCUT2D eigenvalue weighted by Crippen LogP contribution is -2.34. The summed E-state index contributed by atoms with van der Waals surface area (Å²) >= 11 is 0. The van der Waals surface area contributed by atoms with E-state index in [1.54, 1.807) is 0 Å². The lowest BCUT2D eigenvalue weighted by molar-refractivity contribution is -0.384. The van der Waals surface area contributed by atoms with Crippen LogP contribution in [0.5, 0.6) is 0 Å². The summed E-state index contributed by atoms with van der Waals surface area (Å²) < 4.78 is 27.2. The molecule has 0 spiro atoms. The third-order valence-electron chi connectivity index (χ3n) is 3.42. The van der Waals surface area contributed by atoms with Crippen molar-refractivity contribution in [1.29, 1.82) is 0 Å². The van der Waals surface area contributed by atoms with Crippen LogP contribution in [-0.2, 0) is 10.0 Å². The van der Waals surface area contributed by atoms with Crippen LogP contribution in [0.1, 0.15) is 33.1 Å². The molecule has 1 fully saturated rings. The molecular formula is C13H19N3O4S. The van der Waals surface area contributed by atoms with Crippen LogP contribution in [0.25, 0.3) is 0 Å². The molecule has 0 amide bonds. The van der Waals surface area contributed by atoms with Crippen LogP contribution >= 0.6 is 0 Å². The van der Waals surface area contributed by atoms with E-state index in [1.165, 1.54) is 18.2 Å². The van der Waals surface area contributed by atoms with Gasteiger partial charge in [0.15, 0.2) is 0 Å². The molecule has 116 valence electrons. The van der Waals surface area contributed by atoms with Gasteiger partial charge >= 0.3 is 0 Å². The van der Waals surface area contributed by atoms with Crippen molar-refractivity contribution in [2.24, 2.45) is 0 Å². The quantitative estimate of drug-likeness (QED) is 0.594. The molecule has 0 radical (unpaired) electrons. The van der Waals surface area contributed by atoms with Crippen LogP contribution in [0, 0.1) is 10.1 Å². The number of hydrogen-bond donors (Lipinski definition) is 2. The van der Waals surface area contributed by atoms with Gasteiger partial charge in [0, 0.05) is 18.2 Å². The maximum absolute atomic E-state index is 12.3. The summed E-state index contributed by atoms with van der Waals surface area (Å²) in [5, 5.41) is 13.9. The number of hydrogen-bond acceptors (Lipinski definition) is 5. The first-order valence-electron chi connectivity index (χ1n) is 6.84. The highest BCUT2D eigenvalue weighted by Gasteiger charge is 2.41. The van der Waals surface area contributed by atoms with Crippen LogP contribution in [0.4, 0.5) is 11.4 Å². The third kappa shape index (κ3) is 3.70.